The summed E-state index contributed by atoms with van der Waals surface area (Å²) in [5.41, 5.74) is 0.615. The summed E-state index contributed by atoms with van der Waals surface area (Å²) in [4.78, 5) is 30.0. The number of hydrogen-bond donors (Lipinski definition) is 0. The van der Waals surface area contributed by atoms with Crippen molar-refractivity contribution in [2.24, 2.45) is 5.92 Å². The minimum atomic E-state index is -0.153. The molecule has 1 aromatic rings. The molecule has 1 amide bonds. The van der Waals surface area contributed by atoms with Crippen molar-refractivity contribution in [3.8, 4) is 11.5 Å². The lowest BCUT2D eigenvalue weighted by atomic mass is 9.89. The van der Waals surface area contributed by atoms with E-state index in [9.17, 15) is 9.59 Å². The van der Waals surface area contributed by atoms with Gasteiger partial charge in [0.05, 0.1) is 20.8 Å². The van der Waals surface area contributed by atoms with Gasteiger partial charge in [0.25, 0.3) is 0 Å². The van der Waals surface area contributed by atoms with Gasteiger partial charge in [-0.05, 0) is 57.0 Å². The normalized spacial score (nSPS) is 21.1. The first-order valence-electron chi connectivity index (χ1n) is 10.4. The Bertz CT molecular complexity index is 683. The van der Waals surface area contributed by atoms with E-state index in [1.54, 1.807) is 32.4 Å². The Labute approximate surface area is 167 Å². The Morgan fingerprint density at radius 2 is 1.68 bits per heavy atom. The van der Waals surface area contributed by atoms with Crippen LogP contribution in [0.25, 0.3) is 0 Å². The highest BCUT2D eigenvalue weighted by Crippen LogP contribution is 2.30. The van der Waals surface area contributed by atoms with Crippen LogP contribution in [-0.4, -0.2) is 68.4 Å². The number of likely N-dealkylation sites (tertiary alicyclic amines) is 2. The molecule has 28 heavy (non-hydrogen) atoms. The minimum Gasteiger partial charge on any atom is -0.493 e. The van der Waals surface area contributed by atoms with E-state index in [1.807, 2.05) is 4.90 Å². The van der Waals surface area contributed by atoms with Crippen molar-refractivity contribution >= 4 is 11.7 Å². The summed E-state index contributed by atoms with van der Waals surface area (Å²) in [5, 5.41) is 0. The van der Waals surface area contributed by atoms with Crippen LogP contribution < -0.4 is 9.47 Å². The summed E-state index contributed by atoms with van der Waals surface area (Å²) < 4.78 is 10.6. The maximum Gasteiger partial charge on any atom is 0.236 e. The maximum absolute atomic E-state index is 13.0. The molecule has 0 bridgehead atoms. The van der Waals surface area contributed by atoms with Gasteiger partial charge in [0.1, 0.15) is 0 Å². The number of ketones is 1. The molecule has 1 aromatic carbocycles. The zero-order valence-corrected chi connectivity index (χ0v) is 17.1. The monoisotopic (exact) mass is 388 g/mol. The number of amides is 1. The van der Waals surface area contributed by atoms with E-state index in [-0.39, 0.29) is 17.6 Å². The number of hydrogen-bond acceptors (Lipinski definition) is 5. The van der Waals surface area contributed by atoms with Crippen LogP contribution in [-0.2, 0) is 4.79 Å². The topological polar surface area (TPSA) is 59.1 Å². The summed E-state index contributed by atoms with van der Waals surface area (Å²) >= 11 is 0. The molecule has 0 radical (unpaired) electrons. The van der Waals surface area contributed by atoms with E-state index in [1.165, 1.54) is 25.7 Å². The second-order valence-electron chi connectivity index (χ2n) is 7.80. The molecule has 2 heterocycles. The number of nitrogens with zero attached hydrogens (tertiary/aromatic N) is 2. The Hall–Kier alpha value is -2.08. The Morgan fingerprint density at radius 3 is 2.36 bits per heavy atom. The van der Waals surface area contributed by atoms with E-state index < -0.39 is 0 Å². The summed E-state index contributed by atoms with van der Waals surface area (Å²) in [6.07, 6.45) is 6.56. The van der Waals surface area contributed by atoms with Crippen molar-refractivity contribution in [3.05, 3.63) is 23.8 Å². The molecule has 3 rings (SSSR count). The number of benzene rings is 1. The largest absolute Gasteiger partial charge is 0.493 e. The summed E-state index contributed by atoms with van der Waals surface area (Å²) in [7, 11) is 3.14. The zero-order valence-electron chi connectivity index (χ0n) is 17.1. The number of carbonyl (C=O) groups excluding carboxylic acids is 2. The second kappa shape index (κ2) is 9.92. The van der Waals surface area contributed by atoms with E-state index in [2.05, 4.69) is 4.90 Å². The lowest BCUT2D eigenvalue weighted by Crippen LogP contribution is -2.46. The van der Waals surface area contributed by atoms with Crippen LogP contribution in [0.1, 0.15) is 48.9 Å². The van der Waals surface area contributed by atoms with Crippen LogP contribution in [0.5, 0.6) is 11.5 Å². The highest BCUT2D eigenvalue weighted by molar-refractivity contribution is 5.99. The number of Topliss-reactive ketones (excluding diaryl/α,β-unsaturated/α-hetero) is 1. The van der Waals surface area contributed by atoms with Gasteiger partial charge in [-0.2, -0.15) is 0 Å². The lowest BCUT2D eigenvalue weighted by molar-refractivity contribution is -0.133. The SMILES string of the molecule is COc1ccc(C(=O)C2CCCN(C(=O)CN3CCCCCC3)C2)cc1OC. The second-order valence-corrected chi connectivity index (χ2v) is 7.80. The molecule has 0 aliphatic carbocycles. The van der Waals surface area contributed by atoms with Gasteiger partial charge < -0.3 is 14.4 Å². The molecule has 154 valence electrons. The Kier molecular flexibility index (Phi) is 7.31. The fourth-order valence-electron chi connectivity index (χ4n) is 4.23. The summed E-state index contributed by atoms with van der Waals surface area (Å²) in [6, 6.07) is 5.28. The average molecular weight is 389 g/mol. The van der Waals surface area contributed by atoms with Gasteiger partial charge in [-0.15, -0.1) is 0 Å². The first-order valence-corrected chi connectivity index (χ1v) is 10.4. The standard InChI is InChI=1S/C22H32N2O4/c1-27-19-10-9-17(14-20(19)28-2)22(26)18-8-7-13-24(15-18)21(25)16-23-11-5-3-4-6-12-23/h9-10,14,18H,3-8,11-13,15-16H2,1-2H3. The Balaban J connectivity index is 1.62. The molecule has 0 spiro atoms. The molecule has 2 saturated heterocycles. The third kappa shape index (κ3) is 5.04. The number of methoxy groups -OCH3 is 2. The van der Waals surface area contributed by atoms with Gasteiger partial charge >= 0.3 is 0 Å². The third-order valence-corrected chi connectivity index (χ3v) is 5.87. The number of ether oxygens (including phenoxy) is 2. The van der Waals surface area contributed by atoms with Crippen LogP contribution in [0.2, 0.25) is 0 Å². The average Bonchev–Trinajstić information content (AvgIpc) is 3.01. The van der Waals surface area contributed by atoms with Crippen molar-refractivity contribution in [3.63, 3.8) is 0 Å². The van der Waals surface area contributed by atoms with Crippen molar-refractivity contribution < 1.29 is 19.1 Å². The van der Waals surface area contributed by atoms with Crippen molar-refractivity contribution in [1.29, 1.82) is 0 Å². The predicted molar refractivity (Wildman–Crippen MR) is 108 cm³/mol. The number of carbonyl (C=O) groups is 2. The van der Waals surface area contributed by atoms with E-state index in [4.69, 9.17) is 9.47 Å². The fourth-order valence-corrected chi connectivity index (χ4v) is 4.23. The van der Waals surface area contributed by atoms with Crippen LogP contribution in [0.15, 0.2) is 18.2 Å². The molecule has 1 atom stereocenters. The molecule has 0 aromatic heterocycles. The minimum absolute atomic E-state index is 0.0771. The summed E-state index contributed by atoms with van der Waals surface area (Å²) in [5.74, 6) is 1.25. The van der Waals surface area contributed by atoms with Gasteiger partial charge in [0, 0.05) is 24.6 Å². The molecule has 2 fully saturated rings. The summed E-state index contributed by atoms with van der Waals surface area (Å²) in [6.45, 7) is 3.76. The fraction of sp³-hybridized carbons (Fsp3) is 0.636. The Morgan fingerprint density at radius 1 is 0.964 bits per heavy atom. The molecule has 6 heteroatoms. The molecule has 0 saturated carbocycles. The molecule has 2 aliphatic heterocycles. The third-order valence-electron chi connectivity index (χ3n) is 5.87. The lowest BCUT2D eigenvalue weighted by Gasteiger charge is -2.33. The first kappa shape index (κ1) is 20.6. The van der Waals surface area contributed by atoms with Gasteiger partial charge in [-0.3, -0.25) is 14.5 Å². The highest BCUT2D eigenvalue weighted by Gasteiger charge is 2.30. The van der Waals surface area contributed by atoms with Crippen LogP contribution in [0.3, 0.4) is 0 Å². The van der Waals surface area contributed by atoms with Gasteiger partial charge in [-0.25, -0.2) is 0 Å². The van der Waals surface area contributed by atoms with E-state index in [0.717, 1.165) is 32.5 Å². The molecule has 6 nitrogen and oxygen atoms in total. The first-order chi connectivity index (χ1) is 13.6. The van der Waals surface area contributed by atoms with Crippen LogP contribution in [0.4, 0.5) is 0 Å². The molecular weight excluding hydrogens is 356 g/mol. The number of piperidine rings is 1. The highest BCUT2D eigenvalue weighted by atomic mass is 16.5. The van der Waals surface area contributed by atoms with Gasteiger partial charge in [-0.1, -0.05) is 12.8 Å². The maximum atomic E-state index is 13.0. The van der Waals surface area contributed by atoms with Gasteiger partial charge in [0.15, 0.2) is 17.3 Å². The quantitative estimate of drug-likeness (QED) is 0.701. The van der Waals surface area contributed by atoms with Crippen LogP contribution >= 0.6 is 0 Å². The number of rotatable bonds is 6. The van der Waals surface area contributed by atoms with Crippen LogP contribution in [0, 0.1) is 5.92 Å². The van der Waals surface area contributed by atoms with Crippen molar-refractivity contribution in [2.45, 2.75) is 38.5 Å². The smallest absolute Gasteiger partial charge is 0.236 e. The molecular formula is C22H32N2O4. The van der Waals surface area contributed by atoms with Gasteiger partial charge in [0.2, 0.25) is 5.91 Å². The molecule has 0 N–H and O–H groups in total. The zero-order chi connectivity index (χ0) is 19.9. The van der Waals surface area contributed by atoms with E-state index in [0.29, 0.717) is 30.2 Å². The van der Waals surface area contributed by atoms with Crippen molar-refractivity contribution in [2.75, 3.05) is 46.9 Å². The molecule has 2 aliphatic rings. The van der Waals surface area contributed by atoms with E-state index >= 15 is 0 Å². The van der Waals surface area contributed by atoms with Crippen molar-refractivity contribution in [1.82, 2.24) is 9.80 Å². The molecule has 1 unspecified atom stereocenters. The predicted octanol–water partition coefficient (Wildman–Crippen LogP) is 3.00.